The van der Waals surface area contributed by atoms with Crippen LogP contribution in [0.2, 0.25) is 0 Å². The lowest BCUT2D eigenvalue weighted by atomic mass is 10.2. The van der Waals surface area contributed by atoms with Crippen LogP contribution in [-0.4, -0.2) is 41.1 Å². The van der Waals surface area contributed by atoms with Crippen LogP contribution in [0.1, 0.15) is 16.8 Å². The number of anilines is 1. The van der Waals surface area contributed by atoms with Crippen LogP contribution in [0.4, 0.5) is 10.5 Å². The molecule has 5 N–H and O–H groups in total. The molecule has 114 valence electrons. The van der Waals surface area contributed by atoms with E-state index < -0.39 is 23.9 Å². The number of urea groups is 1. The molecule has 0 saturated heterocycles. The first kappa shape index (κ1) is 16.8. The number of benzene rings is 1. The molecule has 0 unspecified atom stereocenters. The highest BCUT2D eigenvalue weighted by molar-refractivity contribution is 7.98. The second-order valence-corrected chi connectivity index (χ2v) is 5.20. The van der Waals surface area contributed by atoms with Crippen molar-refractivity contribution in [3.8, 4) is 0 Å². The van der Waals surface area contributed by atoms with E-state index in [0.29, 0.717) is 23.4 Å². The molecular formula is C13H17N3O4S. The summed E-state index contributed by atoms with van der Waals surface area (Å²) < 4.78 is 0. The van der Waals surface area contributed by atoms with Crippen molar-refractivity contribution in [3.63, 3.8) is 0 Å². The van der Waals surface area contributed by atoms with E-state index in [-0.39, 0.29) is 0 Å². The first-order valence-electron chi connectivity index (χ1n) is 6.13. The van der Waals surface area contributed by atoms with Gasteiger partial charge in [-0.15, -0.1) is 0 Å². The van der Waals surface area contributed by atoms with Gasteiger partial charge in [-0.25, -0.2) is 9.59 Å². The maximum atomic E-state index is 11.7. The number of hydrogen-bond acceptors (Lipinski definition) is 4. The van der Waals surface area contributed by atoms with Gasteiger partial charge in [-0.3, -0.25) is 4.79 Å². The van der Waals surface area contributed by atoms with E-state index in [2.05, 4.69) is 10.6 Å². The Bertz CT molecular complexity index is 519. The number of rotatable bonds is 7. The van der Waals surface area contributed by atoms with Crippen LogP contribution in [0.5, 0.6) is 0 Å². The number of carboxylic acids is 1. The Balaban J connectivity index is 2.59. The predicted octanol–water partition coefficient (Wildman–Crippen LogP) is 1.11. The number of carboxylic acid groups (broad SMARTS) is 1. The zero-order chi connectivity index (χ0) is 15.8. The molecule has 1 rings (SSSR count). The Kier molecular flexibility index (Phi) is 6.54. The summed E-state index contributed by atoms with van der Waals surface area (Å²) in [6.07, 6.45) is 2.20. The molecule has 0 heterocycles. The van der Waals surface area contributed by atoms with Gasteiger partial charge in [-0.05, 0) is 42.7 Å². The molecular weight excluding hydrogens is 294 g/mol. The van der Waals surface area contributed by atoms with Crippen molar-refractivity contribution in [2.75, 3.05) is 17.3 Å². The number of carbonyl (C=O) groups excluding carboxylic acids is 2. The molecule has 0 aliphatic carbocycles. The van der Waals surface area contributed by atoms with Gasteiger partial charge in [0.2, 0.25) is 5.91 Å². The minimum Gasteiger partial charge on any atom is -0.480 e. The fourth-order valence-electron chi connectivity index (χ4n) is 1.54. The van der Waals surface area contributed by atoms with Crippen LogP contribution in [0.15, 0.2) is 24.3 Å². The van der Waals surface area contributed by atoms with E-state index in [4.69, 9.17) is 10.8 Å². The lowest BCUT2D eigenvalue weighted by molar-refractivity contribution is -0.139. The van der Waals surface area contributed by atoms with E-state index in [1.807, 2.05) is 6.26 Å². The second-order valence-electron chi connectivity index (χ2n) is 4.21. The minimum atomic E-state index is -1.08. The summed E-state index contributed by atoms with van der Waals surface area (Å²) in [7, 11) is 0. The van der Waals surface area contributed by atoms with Crippen molar-refractivity contribution in [2.24, 2.45) is 5.73 Å². The number of amides is 3. The van der Waals surface area contributed by atoms with Gasteiger partial charge in [0.1, 0.15) is 6.04 Å². The summed E-state index contributed by atoms with van der Waals surface area (Å²) in [4.78, 5) is 33.6. The van der Waals surface area contributed by atoms with Crippen LogP contribution in [0.3, 0.4) is 0 Å². The van der Waals surface area contributed by atoms with E-state index in [0.717, 1.165) is 0 Å². The highest BCUT2D eigenvalue weighted by atomic mass is 32.2. The topological polar surface area (TPSA) is 122 Å². The molecule has 0 aromatic heterocycles. The molecule has 0 fully saturated rings. The second kappa shape index (κ2) is 8.15. The average Bonchev–Trinajstić information content (AvgIpc) is 2.43. The predicted molar refractivity (Wildman–Crippen MR) is 81.5 cm³/mol. The molecule has 1 aromatic rings. The number of carbonyl (C=O) groups is 3. The van der Waals surface area contributed by atoms with Gasteiger partial charge in [0.15, 0.2) is 0 Å². The highest BCUT2D eigenvalue weighted by Gasteiger charge is 2.19. The van der Waals surface area contributed by atoms with Crippen LogP contribution >= 0.6 is 11.8 Å². The van der Waals surface area contributed by atoms with E-state index in [1.165, 1.54) is 36.0 Å². The smallest absolute Gasteiger partial charge is 0.326 e. The molecule has 3 amide bonds. The summed E-state index contributed by atoms with van der Waals surface area (Å²) >= 11 is 1.50. The van der Waals surface area contributed by atoms with Crippen molar-refractivity contribution < 1.29 is 19.5 Å². The standard InChI is InChI=1S/C13H17N3O4S/c1-21-7-6-10(12(18)19)16-13(20)15-9-4-2-8(3-5-9)11(14)17/h2-5,10H,6-7H2,1H3,(H2,14,17)(H,18,19)(H2,15,16,20)/t10-/m0/s1. The molecule has 1 atom stereocenters. The van der Waals surface area contributed by atoms with Gasteiger partial charge in [0.25, 0.3) is 0 Å². The van der Waals surface area contributed by atoms with E-state index in [1.54, 1.807) is 0 Å². The number of thioether (sulfide) groups is 1. The summed E-state index contributed by atoms with van der Waals surface area (Å²) in [5.41, 5.74) is 5.86. The van der Waals surface area contributed by atoms with Crippen molar-refractivity contribution in [3.05, 3.63) is 29.8 Å². The zero-order valence-corrected chi connectivity index (χ0v) is 12.3. The Hall–Kier alpha value is -2.22. The monoisotopic (exact) mass is 311 g/mol. The highest BCUT2D eigenvalue weighted by Crippen LogP contribution is 2.09. The van der Waals surface area contributed by atoms with Crippen LogP contribution in [-0.2, 0) is 4.79 Å². The SMILES string of the molecule is CSCC[C@H](NC(=O)Nc1ccc(C(N)=O)cc1)C(=O)O. The Morgan fingerprint density at radius 3 is 2.38 bits per heavy atom. The summed E-state index contributed by atoms with van der Waals surface area (Å²) in [5, 5.41) is 13.9. The van der Waals surface area contributed by atoms with Crippen molar-refractivity contribution in [1.29, 1.82) is 0 Å². The molecule has 21 heavy (non-hydrogen) atoms. The van der Waals surface area contributed by atoms with E-state index >= 15 is 0 Å². The van der Waals surface area contributed by atoms with Crippen LogP contribution in [0.25, 0.3) is 0 Å². The maximum absolute atomic E-state index is 11.7. The molecule has 1 aromatic carbocycles. The quantitative estimate of drug-likeness (QED) is 0.601. The summed E-state index contributed by atoms with van der Waals surface area (Å²) in [6, 6.07) is 4.41. The molecule has 8 heteroatoms. The Morgan fingerprint density at radius 2 is 1.90 bits per heavy atom. The fourth-order valence-corrected chi connectivity index (χ4v) is 2.01. The van der Waals surface area contributed by atoms with Crippen molar-refractivity contribution >= 4 is 35.4 Å². The van der Waals surface area contributed by atoms with Gasteiger partial charge in [-0.2, -0.15) is 11.8 Å². The Labute approximate surface area is 126 Å². The normalized spacial score (nSPS) is 11.5. The van der Waals surface area contributed by atoms with Crippen LogP contribution < -0.4 is 16.4 Å². The first-order valence-corrected chi connectivity index (χ1v) is 7.52. The van der Waals surface area contributed by atoms with Crippen LogP contribution in [0, 0.1) is 0 Å². The third-order valence-electron chi connectivity index (χ3n) is 2.64. The number of hydrogen-bond donors (Lipinski definition) is 4. The third-order valence-corrected chi connectivity index (χ3v) is 3.29. The molecule has 0 bridgehead atoms. The van der Waals surface area contributed by atoms with Gasteiger partial charge in [0, 0.05) is 11.3 Å². The van der Waals surface area contributed by atoms with Crippen molar-refractivity contribution in [2.45, 2.75) is 12.5 Å². The van der Waals surface area contributed by atoms with Gasteiger partial charge in [0.05, 0.1) is 0 Å². The lowest BCUT2D eigenvalue weighted by Gasteiger charge is -2.14. The lowest BCUT2D eigenvalue weighted by Crippen LogP contribution is -2.43. The van der Waals surface area contributed by atoms with Gasteiger partial charge >= 0.3 is 12.0 Å². The minimum absolute atomic E-state index is 0.323. The van der Waals surface area contributed by atoms with Gasteiger partial charge in [-0.1, -0.05) is 0 Å². The zero-order valence-electron chi connectivity index (χ0n) is 11.5. The summed E-state index contributed by atoms with van der Waals surface area (Å²) in [6.45, 7) is 0. The molecule has 0 spiro atoms. The average molecular weight is 311 g/mol. The number of nitrogens with two attached hydrogens (primary N) is 1. The first-order chi connectivity index (χ1) is 9.93. The van der Waals surface area contributed by atoms with E-state index in [9.17, 15) is 14.4 Å². The number of nitrogens with one attached hydrogen (secondary N) is 2. The maximum Gasteiger partial charge on any atom is 0.326 e. The largest absolute Gasteiger partial charge is 0.480 e. The van der Waals surface area contributed by atoms with Gasteiger partial charge < -0.3 is 21.5 Å². The molecule has 0 aliphatic heterocycles. The molecule has 0 saturated carbocycles. The third kappa shape index (κ3) is 5.74. The number of primary amides is 1. The molecule has 0 aliphatic rings. The fraction of sp³-hybridized carbons (Fsp3) is 0.308. The molecule has 0 radical (unpaired) electrons. The molecule has 7 nitrogen and oxygen atoms in total. The van der Waals surface area contributed by atoms with Crippen molar-refractivity contribution in [1.82, 2.24) is 5.32 Å². The number of aliphatic carboxylic acids is 1. The Morgan fingerprint density at radius 1 is 1.29 bits per heavy atom. The summed E-state index contributed by atoms with van der Waals surface area (Å²) in [5.74, 6) is -1.01.